The molecule has 0 fully saturated rings. The maximum absolute atomic E-state index is 12.7. The fourth-order valence-electron chi connectivity index (χ4n) is 3.02. The van der Waals surface area contributed by atoms with Crippen molar-refractivity contribution in [2.75, 3.05) is 14.2 Å². The molecule has 0 saturated carbocycles. The van der Waals surface area contributed by atoms with Gasteiger partial charge in [-0.2, -0.15) is 0 Å². The summed E-state index contributed by atoms with van der Waals surface area (Å²) in [5.74, 6) is -1.87. The summed E-state index contributed by atoms with van der Waals surface area (Å²) in [5, 5.41) is 9.39. The number of Topliss-reactive ketones (excluding diaryl/α,β-unsaturated/α-hetero) is 2. The maximum Gasteiger partial charge on any atom is 0.260 e. The molecule has 0 atom stereocenters. The predicted octanol–water partition coefficient (Wildman–Crippen LogP) is 4.66. The summed E-state index contributed by atoms with van der Waals surface area (Å²) in [5.41, 5.74) is 0.496. The lowest BCUT2D eigenvalue weighted by Crippen LogP contribution is -2.39. The van der Waals surface area contributed by atoms with E-state index in [4.69, 9.17) is 9.47 Å². The third-order valence-electron chi connectivity index (χ3n) is 4.66. The van der Waals surface area contributed by atoms with Crippen LogP contribution >= 0.6 is 0 Å². The van der Waals surface area contributed by atoms with Crippen molar-refractivity contribution in [2.45, 2.75) is 25.2 Å². The van der Waals surface area contributed by atoms with Gasteiger partial charge in [-0.1, -0.05) is 91.0 Å². The van der Waals surface area contributed by atoms with Crippen molar-refractivity contribution in [1.29, 1.82) is 0 Å². The molecule has 0 amide bonds. The van der Waals surface area contributed by atoms with Crippen LogP contribution in [0.25, 0.3) is 0 Å². The molecule has 0 bridgehead atoms. The quantitative estimate of drug-likeness (QED) is 0.445. The first-order valence-electron chi connectivity index (χ1n) is 9.84. The molecular formula is C26H28O5. The van der Waals surface area contributed by atoms with Gasteiger partial charge in [0.05, 0.1) is 0 Å². The van der Waals surface area contributed by atoms with E-state index >= 15 is 0 Å². The van der Waals surface area contributed by atoms with Crippen molar-refractivity contribution in [1.82, 2.24) is 0 Å². The van der Waals surface area contributed by atoms with Gasteiger partial charge >= 0.3 is 0 Å². The number of benzene rings is 3. The molecule has 31 heavy (non-hydrogen) atoms. The first-order chi connectivity index (χ1) is 14.8. The minimum absolute atomic E-state index is 0.218. The molecular weight excluding hydrogens is 392 g/mol. The van der Waals surface area contributed by atoms with Crippen LogP contribution in [-0.4, -0.2) is 36.5 Å². The van der Waals surface area contributed by atoms with Crippen molar-refractivity contribution in [2.24, 2.45) is 0 Å². The summed E-state index contributed by atoms with van der Waals surface area (Å²) in [6, 6.07) is 27.0. The summed E-state index contributed by atoms with van der Waals surface area (Å²) in [6.07, 6.45) is 0. The third kappa shape index (κ3) is 5.95. The van der Waals surface area contributed by atoms with Crippen molar-refractivity contribution in [3.8, 4) is 0 Å². The molecule has 0 radical (unpaired) electrons. The zero-order valence-electron chi connectivity index (χ0n) is 18.2. The topological polar surface area (TPSA) is 72.8 Å². The molecule has 5 nitrogen and oxygen atoms in total. The minimum Gasteiger partial charge on any atom is -0.382 e. The number of methoxy groups -OCH3 is 2. The van der Waals surface area contributed by atoms with Crippen LogP contribution in [0.15, 0.2) is 91.0 Å². The van der Waals surface area contributed by atoms with E-state index in [1.807, 2.05) is 54.6 Å². The highest BCUT2D eigenvalue weighted by Gasteiger charge is 2.41. The molecule has 0 unspecified atom stereocenters. The smallest absolute Gasteiger partial charge is 0.260 e. The number of ketones is 2. The number of carbonyl (C=O) groups excluding carboxylic acids is 2. The third-order valence-corrected chi connectivity index (χ3v) is 4.66. The molecule has 0 saturated heterocycles. The second kappa shape index (κ2) is 10.8. The number of ether oxygens (including phenoxy) is 2. The van der Waals surface area contributed by atoms with Crippen molar-refractivity contribution >= 4 is 11.6 Å². The van der Waals surface area contributed by atoms with Gasteiger partial charge in [-0.05, 0) is 13.8 Å². The van der Waals surface area contributed by atoms with Crippen LogP contribution in [0, 0.1) is 0 Å². The molecule has 0 heterocycles. The Hall–Kier alpha value is -3.12. The van der Waals surface area contributed by atoms with Crippen molar-refractivity contribution in [3.05, 3.63) is 108 Å². The molecule has 0 aliphatic heterocycles. The Kier molecular flexibility index (Phi) is 8.39. The number of hydrogen-bond donors (Lipinski definition) is 1. The van der Waals surface area contributed by atoms with Gasteiger partial charge in [0.1, 0.15) is 5.60 Å². The molecule has 5 heteroatoms. The van der Waals surface area contributed by atoms with Gasteiger partial charge in [0, 0.05) is 30.9 Å². The van der Waals surface area contributed by atoms with Crippen LogP contribution in [0.5, 0.6) is 0 Å². The van der Waals surface area contributed by atoms with E-state index in [1.165, 1.54) is 28.1 Å². The van der Waals surface area contributed by atoms with Crippen LogP contribution in [0.1, 0.15) is 40.1 Å². The Morgan fingerprint density at radius 2 is 1.00 bits per heavy atom. The van der Waals surface area contributed by atoms with E-state index in [2.05, 4.69) is 0 Å². The molecule has 0 aromatic heterocycles. The lowest BCUT2D eigenvalue weighted by atomic mass is 9.96. The number of aliphatic hydroxyl groups is 1. The number of rotatable bonds is 7. The molecule has 162 valence electrons. The summed E-state index contributed by atoms with van der Waals surface area (Å²) in [6.45, 7) is 2.98. The van der Waals surface area contributed by atoms with E-state index in [-0.39, 0.29) is 11.6 Å². The monoisotopic (exact) mass is 420 g/mol. The van der Waals surface area contributed by atoms with E-state index in [1.54, 1.807) is 36.4 Å². The molecule has 0 aliphatic carbocycles. The average Bonchev–Trinajstić information content (AvgIpc) is 2.81. The van der Waals surface area contributed by atoms with E-state index < -0.39 is 11.4 Å². The zero-order chi connectivity index (χ0) is 22.9. The standard InChI is InChI=1S/C16H16O3.C10H12O2/c1-18-16(19-2,14-11-7-4-8-12-14)15(17)13-9-5-3-6-10-13;1-10(2,12)9(11)8-6-4-3-5-7-8/h3-12H,1-2H3;3-7,12H,1-2H3. The van der Waals surface area contributed by atoms with Crippen LogP contribution in [0.2, 0.25) is 0 Å². The normalized spacial score (nSPS) is 11.3. The first-order valence-corrected chi connectivity index (χ1v) is 9.84. The van der Waals surface area contributed by atoms with Gasteiger partial charge in [-0.15, -0.1) is 0 Å². The van der Waals surface area contributed by atoms with E-state index in [0.29, 0.717) is 16.7 Å². The number of hydrogen-bond acceptors (Lipinski definition) is 5. The van der Waals surface area contributed by atoms with Crippen molar-refractivity contribution < 1.29 is 24.2 Å². The summed E-state index contributed by atoms with van der Waals surface area (Å²) >= 11 is 0. The highest BCUT2D eigenvalue weighted by Crippen LogP contribution is 2.30. The molecule has 1 N–H and O–H groups in total. The minimum atomic E-state index is -1.40. The lowest BCUT2D eigenvalue weighted by Gasteiger charge is -2.29. The highest BCUT2D eigenvalue weighted by molar-refractivity contribution is 6.02. The fraction of sp³-hybridized carbons (Fsp3) is 0.231. The van der Waals surface area contributed by atoms with Gasteiger partial charge in [0.15, 0.2) is 5.78 Å². The summed E-state index contributed by atoms with van der Waals surface area (Å²) in [4.78, 5) is 24.1. The van der Waals surface area contributed by atoms with Gasteiger partial charge < -0.3 is 14.6 Å². The van der Waals surface area contributed by atoms with Crippen LogP contribution in [-0.2, 0) is 15.3 Å². The second-order valence-corrected chi connectivity index (χ2v) is 7.34. The SMILES string of the molecule is CC(C)(O)C(=O)c1ccccc1.COC(OC)(C(=O)c1ccccc1)c1ccccc1. The molecule has 3 aromatic carbocycles. The van der Waals surface area contributed by atoms with Gasteiger partial charge in [-0.3, -0.25) is 9.59 Å². The van der Waals surface area contributed by atoms with Crippen LogP contribution in [0.4, 0.5) is 0 Å². The fourth-order valence-corrected chi connectivity index (χ4v) is 3.02. The van der Waals surface area contributed by atoms with Crippen LogP contribution in [0.3, 0.4) is 0 Å². The largest absolute Gasteiger partial charge is 0.382 e. The van der Waals surface area contributed by atoms with Crippen LogP contribution < -0.4 is 0 Å². The van der Waals surface area contributed by atoms with E-state index in [9.17, 15) is 14.7 Å². The average molecular weight is 421 g/mol. The first kappa shape index (κ1) is 24.2. The Bertz CT molecular complexity index is 957. The Balaban J connectivity index is 0.000000245. The highest BCUT2D eigenvalue weighted by atomic mass is 16.7. The Labute approximate surface area is 183 Å². The lowest BCUT2D eigenvalue weighted by molar-refractivity contribution is -0.176. The Morgan fingerprint density at radius 1 is 0.645 bits per heavy atom. The maximum atomic E-state index is 12.7. The molecule has 3 rings (SSSR count). The van der Waals surface area contributed by atoms with Crippen molar-refractivity contribution in [3.63, 3.8) is 0 Å². The number of carbonyl (C=O) groups is 2. The second-order valence-electron chi connectivity index (χ2n) is 7.34. The Morgan fingerprint density at radius 3 is 1.35 bits per heavy atom. The van der Waals surface area contributed by atoms with E-state index in [0.717, 1.165) is 0 Å². The molecule has 0 spiro atoms. The van der Waals surface area contributed by atoms with Gasteiger partial charge in [-0.25, -0.2) is 0 Å². The molecule has 3 aromatic rings. The molecule has 0 aliphatic rings. The van der Waals surface area contributed by atoms with Gasteiger partial charge in [0.25, 0.3) is 5.79 Å². The van der Waals surface area contributed by atoms with Gasteiger partial charge in [0.2, 0.25) is 5.78 Å². The summed E-state index contributed by atoms with van der Waals surface area (Å²) < 4.78 is 10.8. The summed E-state index contributed by atoms with van der Waals surface area (Å²) in [7, 11) is 2.94. The zero-order valence-corrected chi connectivity index (χ0v) is 18.2. The predicted molar refractivity (Wildman–Crippen MR) is 120 cm³/mol.